The lowest BCUT2D eigenvalue weighted by molar-refractivity contribution is -0.142. The van der Waals surface area contributed by atoms with Crippen molar-refractivity contribution in [2.45, 2.75) is 12.5 Å². The molecule has 94 valence electrons. The number of carbonyl (C=O) groups is 1. The second kappa shape index (κ2) is 6.42. The zero-order chi connectivity index (χ0) is 12.8. The summed E-state index contributed by atoms with van der Waals surface area (Å²) in [4.78, 5) is 11.0. The van der Waals surface area contributed by atoms with Crippen LogP contribution in [0.2, 0.25) is 5.02 Å². The SMILES string of the molecule is COC(=O)C(N)CCOc1ccc(F)cc1Cl. The molecule has 0 saturated carbocycles. The Kier molecular flexibility index (Phi) is 5.18. The van der Waals surface area contributed by atoms with Crippen LogP contribution >= 0.6 is 11.6 Å². The van der Waals surface area contributed by atoms with Crippen molar-refractivity contribution in [3.8, 4) is 5.75 Å². The molecular formula is C11H13ClFNO3. The highest BCUT2D eigenvalue weighted by Crippen LogP contribution is 2.24. The topological polar surface area (TPSA) is 61.5 Å². The van der Waals surface area contributed by atoms with Gasteiger partial charge < -0.3 is 15.2 Å². The van der Waals surface area contributed by atoms with E-state index in [9.17, 15) is 9.18 Å². The van der Waals surface area contributed by atoms with Gasteiger partial charge in [-0.25, -0.2) is 4.39 Å². The Balaban J connectivity index is 2.43. The smallest absolute Gasteiger partial charge is 0.322 e. The molecule has 0 aliphatic heterocycles. The van der Waals surface area contributed by atoms with Gasteiger partial charge in [0.15, 0.2) is 0 Å². The van der Waals surface area contributed by atoms with E-state index in [4.69, 9.17) is 22.1 Å². The Morgan fingerprint density at radius 1 is 1.59 bits per heavy atom. The van der Waals surface area contributed by atoms with Crippen molar-refractivity contribution in [1.82, 2.24) is 0 Å². The third-order valence-corrected chi connectivity index (χ3v) is 2.38. The fourth-order valence-electron chi connectivity index (χ4n) is 1.16. The Hall–Kier alpha value is -1.33. The number of esters is 1. The maximum Gasteiger partial charge on any atom is 0.322 e. The zero-order valence-corrected chi connectivity index (χ0v) is 10.0. The summed E-state index contributed by atoms with van der Waals surface area (Å²) in [5.74, 6) is -0.586. The molecule has 1 unspecified atom stereocenters. The van der Waals surface area contributed by atoms with E-state index < -0.39 is 17.8 Å². The highest BCUT2D eigenvalue weighted by atomic mass is 35.5. The fourth-order valence-corrected chi connectivity index (χ4v) is 1.38. The van der Waals surface area contributed by atoms with Gasteiger partial charge in [-0.1, -0.05) is 11.6 Å². The van der Waals surface area contributed by atoms with Gasteiger partial charge in [-0.05, 0) is 18.2 Å². The van der Waals surface area contributed by atoms with Crippen molar-refractivity contribution in [2.75, 3.05) is 13.7 Å². The predicted molar refractivity (Wildman–Crippen MR) is 61.5 cm³/mol. The van der Waals surface area contributed by atoms with Crippen LogP contribution in [0.5, 0.6) is 5.75 Å². The maximum atomic E-state index is 12.7. The molecule has 1 rings (SSSR count). The first-order valence-electron chi connectivity index (χ1n) is 4.96. The highest BCUT2D eigenvalue weighted by molar-refractivity contribution is 6.32. The van der Waals surface area contributed by atoms with Crippen molar-refractivity contribution in [3.63, 3.8) is 0 Å². The Labute approximate surface area is 103 Å². The number of halogens is 2. The van der Waals surface area contributed by atoms with Gasteiger partial charge in [0.25, 0.3) is 0 Å². The van der Waals surface area contributed by atoms with E-state index in [1.165, 1.54) is 19.2 Å². The van der Waals surface area contributed by atoms with E-state index in [0.29, 0.717) is 12.2 Å². The first-order valence-corrected chi connectivity index (χ1v) is 5.33. The van der Waals surface area contributed by atoms with Crippen LogP contribution in [0.4, 0.5) is 4.39 Å². The molecule has 4 nitrogen and oxygen atoms in total. The van der Waals surface area contributed by atoms with Crippen LogP contribution in [0, 0.1) is 5.82 Å². The minimum Gasteiger partial charge on any atom is -0.492 e. The highest BCUT2D eigenvalue weighted by Gasteiger charge is 2.13. The van der Waals surface area contributed by atoms with Crippen LogP contribution in [0.15, 0.2) is 18.2 Å². The molecule has 0 aliphatic rings. The van der Waals surface area contributed by atoms with Gasteiger partial charge in [0.1, 0.15) is 17.6 Å². The summed E-state index contributed by atoms with van der Waals surface area (Å²) in [5, 5.41) is 0.177. The molecule has 0 spiro atoms. The summed E-state index contributed by atoms with van der Waals surface area (Å²) >= 11 is 5.75. The van der Waals surface area contributed by atoms with Crippen molar-refractivity contribution >= 4 is 17.6 Å². The van der Waals surface area contributed by atoms with Crippen molar-refractivity contribution in [2.24, 2.45) is 5.73 Å². The molecule has 0 aromatic heterocycles. The molecule has 0 heterocycles. The summed E-state index contributed by atoms with van der Waals surface area (Å²) < 4.78 is 22.5. The van der Waals surface area contributed by atoms with Gasteiger partial charge in [0.2, 0.25) is 0 Å². The van der Waals surface area contributed by atoms with E-state index in [2.05, 4.69) is 4.74 Å². The van der Waals surface area contributed by atoms with Crippen LogP contribution in [-0.4, -0.2) is 25.7 Å². The number of hydrogen-bond acceptors (Lipinski definition) is 4. The molecule has 0 fully saturated rings. The average Bonchev–Trinajstić information content (AvgIpc) is 2.30. The number of ether oxygens (including phenoxy) is 2. The standard InChI is InChI=1S/C11H13ClFNO3/c1-16-11(15)9(14)4-5-17-10-3-2-7(13)6-8(10)12/h2-3,6,9H,4-5,14H2,1H3. The van der Waals surface area contributed by atoms with Gasteiger partial charge in [0, 0.05) is 6.42 Å². The lowest BCUT2D eigenvalue weighted by atomic mass is 10.2. The molecule has 17 heavy (non-hydrogen) atoms. The van der Waals surface area contributed by atoms with Crippen LogP contribution in [0.25, 0.3) is 0 Å². The lowest BCUT2D eigenvalue weighted by Crippen LogP contribution is -2.33. The van der Waals surface area contributed by atoms with E-state index in [0.717, 1.165) is 6.07 Å². The van der Waals surface area contributed by atoms with Crippen molar-refractivity contribution in [3.05, 3.63) is 29.0 Å². The van der Waals surface area contributed by atoms with Gasteiger partial charge in [0.05, 0.1) is 18.7 Å². The third kappa shape index (κ3) is 4.20. The van der Waals surface area contributed by atoms with E-state index >= 15 is 0 Å². The largest absolute Gasteiger partial charge is 0.492 e. The molecular weight excluding hydrogens is 249 g/mol. The zero-order valence-electron chi connectivity index (χ0n) is 9.28. The molecule has 1 aromatic rings. The second-order valence-electron chi connectivity index (χ2n) is 3.34. The summed E-state index contributed by atoms with van der Waals surface area (Å²) in [6.07, 6.45) is 0.292. The number of nitrogens with two attached hydrogens (primary N) is 1. The maximum absolute atomic E-state index is 12.7. The normalized spacial score (nSPS) is 12.0. The molecule has 6 heteroatoms. The number of methoxy groups -OCH3 is 1. The van der Waals surface area contributed by atoms with E-state index in [-0.39, 0.29) is 11.6 Å². The molecule has 0 amide bonds. The summed E-state index contributed by atoms with van der Waals surface area (Å²) in [6, 6.07) is 3.07. The predicted octanol–water partition coefficient (Wildman–Crippen LogP) is 1.75. The van der Waals surface area contributed by atoms with E-state index in [1.54, 1.807) is 0 Å². The Bertz CT molecular complexity index is 400. The number of hydrogen-bond donors (Lipinski definition) is 1. The van der Waals surface area contributed by atoms with Crippen molar-refractivity contribution in [1.29, 1.82) is 0 Å². The van der Waals surface area contributed by atoms with Gasteiger partial charge in [-0.3, -0.25) is 4.79 Å². The van der Waals surface area contributed by atoms with Crippen LogP contribution in [0.1, 0.15) is 6.42 Å². The average molecular weight is 262 g/mol. The number of benzene rings is 1. The summed E-state index contributed by atoms with van der Waals surface area (Å²) in [6.45, 7) is 0.196. The first-order chi connectivity index (χ1) is 8.04. The summed E-state index contributed by atoms with van der Waals surface area (Å²) in [7, 11) is 1.26. The molecule has 0 radical (unpaired) electrons. The monoisotopic (exact) mass is 261 g/mol. The Morgan fingerprint density at radius 3 is 2.88 bits per heavy atom. The fraction of sp³-hybridized carbons (Fsp3) is 0.364. The third-order valence-electron chi connectivity index (χ3n) is 2.08. The lowest BCUT2D eigenvalue weighted by Gasteiger charge is -2.11. The van der Waals surface area contributed by atoms with Crippen LogP contribution in [-0.2, 0) is 9.53 Å². The minimum atomic E-state index is -0.737. The number of rotatable bonds is 5. The molecule has 2 N–H and O–H groups in total. The van der Waals surface area contributed by atoms with Gasteiger partial charge in [-0.2, -0.15) is 0 Å². The van der Waals surface area contributed by atoms with E-state index in [1.807, 2.05) is 0 Å². The molecule has 1 atom stereocenters. The molecule has 0 bridgehead atoms. The minimum absolute atomic E-state index is 0.177. The second-order valence-corrected chi connectivity index (χ2v) is 3.75. The Morgan fingerprint density at radius 2 is 2.29 bits per heavy atom. The molecule has 0 saturated heterocycles. The first kappa shape index (κ1) is 13.7. The van der Waals surface area contributed by atoms with Crippen LogP contribution < -0.4 is 10.5 Å². The van der Waals surface area contributed by atoms with Crippen molar-refractivity contribution < 1.29 is 18.7 Å². The summed E-state index contributed by atoms with van der Waals surface area (Å²) in [5.41, 5.74) is 5.51. The molecule has 1 aromatic carbocycles. The quantitative estimate of drug-likeness (QED) is 0.821. The van der Waals surface area contributed by atoms with Gasteiger partial charge >= 0.3 is 5.97 Å². The van der Waals surface area contributed by atoms with Crippen LogP contribution in [0.3, 0.4) is 0 Å². The van der Waals surface area contributed by atoms with Gasteiger partial charge in [-0.15, -0.1) is 0 Å². The number of carbonyl (C=O) groups excluding carboxylic acids is 1. The molecule has 0 aliphatic carbocycles.